The maximum Gasteiger partial charge on any atom is 0.347 e. The lowest BCUT2D eigenvalue weighted by molar-refractivity contribution is 0.0701. The van der Waals surface area contributed by atoms with Gasteiger partial charge >= 0.3 is 5.97 Å². The first-order chi connectivity index (χ1) is 9.70. The Morgan fingerprint density at radius 1 is 1.43 bits per heavy atom. The summed E-state index contributed by atoms with van der Waals surface area (Å²) in [5.74, 6) is -1.50. The summed E-state index contributed by atoms with van der Waals surface area (Å²) in [6.07, 6.45) is 0.0692. The summed E-state index contributed by atoms with van der Waals surface area (Å²) in [5.41, 5.74) is 0.364. The number of carbonyl (C=O) groups is 1. The van der Waals surface area contributed by atoms with Crippen LogP contribution in [0.2, 0.25) is 5.02 Å². The number of hydrogen-bond donors (Lipinski definition) is 1. The topological polar surface area (TPSA) is 50.2 Å². The third kappa shape index (κ3) is 3.41. The SMILES string of the molecule is CC(C)(C)c1nc(Cc2c(F)cccc2Cl)c(C(=O)O)s1. The quantitative estimate of drug-likeness (QED) is 0.901. The van der Waals surface area contributed by atoms with Crippen molar-refractivity contribution in [3.8, 4) is 0 Å². The van der Waals surface area contributed by atoms with E-state index >= 15 is 0 Å². The summed E-state index contributed by atoms with van der Waals surface area (Å²) in [7, 11) is 0. The Bertz CT molecular complexity index is 671. The van der Waals surface area contributed by atoms with Crippen molar-refractivity contribution >= 4 is 28.9 Å². The lowest BCUT2D eigenvalue weighted by atomic mass is 9.98. The zero-order valence-electron chi connectivity index (χ0n) is 11.9. The Kier molecular flexibility index (Phi) is 4.35. The minimum Gasteiger partial charge on any atom is -0.477 e. The van der Waals surface area contributed by atoms with Gasteiger partial charge in [0.05, 0.1) is 10.7 Å². The fraction of sp³-hybridized carbons (Fsp3) is 0.333. The van der Waals surface area contributed by atoms with E-state index in [0.717, 1.165) is 11.3 Å². The molecular formula is C15H15ClFNO2S. The second-order valence-corrected chi connectivity index (χ2v) is 7.13. The van der Waals surface area contributed by atoms with Crippen molar-refractivity contribution in [3.63, 3.8) is 0 Å². The second-order valence-electron chi connectivity index (χ2n) is 5.73. The van der Waals surface area contributed by atoms with Gasteiger partial charge in [-0.25, -0.2) is 14.2 Å². The van der Waals surface area contributed by atoms with Crippen LogP contribution in [-0.4, -0.2) is 16.1 Å². The van der Waals surface area contributed by atoms with Crippen LogP contribution in [0.25, 0.3) is 0 Å². The van der Waals surface area contributed by atoms with Crippen molar-refractivity contribution in [1.82, 2.24) is 4.98 Å². The van der Waals surface area contributed by atoms with E-state index in [4.69, 9.17) is 11.6 Å². The summed E-state index contributed by atoms with van der Waals surface area (Å²) >= 11 is 7.13. The maximum atomic E-state index is 13.9. The monoisotopic (exact) mass is 327 g/mol. The van der Waals surface area contributed by atoms with Crippen LogP contribution in [-0.2, 0) is 11.8 Å². The zero-order chi connectivity index (χ0) is 15.8. The minimum atomic E-state index is -1.05. The largest absolute Gasteiger partial charge is 0.477 e. The number of hydrogen-bond acceptors (Lipinski definition) is 3. The molecule has 0 atom stereocenters. The summed E-state index contributed by atoms with van der Waals surface area (Å²) < 4.78 is 13.9. The third-order valence-electron chi connectivity index (χ3n) is 2.94. The third-order valence-corrected chi connectivity index (χ3v) is 4.80. The van der Waals surface area contributed by atoms with Crippen molar-refractivity contribution in [2.24, 2.45) is 0 Å². The van der Waals surface area contributed by atoms with E-state index in [2.05, 4.69) is 4.98 Å². The van der Waals surface area contributed by atoms with E-state index in [1.165, 1.54) is 12.1 Å². The number of thiazole rings is 1. The number of benzene rings is 1. The standard InChI is InChI=1S/C15H15ClFNO2S/c1-15(2,3)14-18-11(12(21-14)13(19)20)7-8-9(16)5-4-6-10(8)17/h4-6H,7H2,1-3H3,(H,19,20). The van der Waals surface area contributed by atoms with Crippen molar-refractivity contribution in [2.45, 2.75) is 32.6 Å². The molecule has 0 aliphatic rings. The van der Waals surface area contributed by atoms with Crippen molar-refractivity contribution in [2.75, 3.05) is 0 Å². The van der Waals surface area contributed by atoms with Gasteiger partial charge in [-0.3, -0.25) is 0 Å². The van der Waals surface area contributed by atoms with Crippen LogP contribution >= 0.6 is 22.9 Å². The van der Waals surface area contributed by atoms with Gasteiger partial charge in [0.2, 0.25) is 0 Å². The van der Waals surface area contributed by atoms with Gasteiger partial charge in [0, 0.05) is 22.4 Å². The fourth-order valence-corrected chi connectivity index (χ4v) is 3.04. The van der Waals surface area contributed by atoms with Crippen LogP contribution in [0.5, 0.6) is 0 Å². The van der Waals surface area contributed by atoms with E-state index < -0.39 is 11.8 Å². The molecule has 0 aliphatic carbocycles. The molecule has 2 aromatic rings. The zero-order valence-corrected chi connectivity index (χ0v) is 13.5. The normalized spacial score (nSPS) is 11.7. The average molecular weight is 328 g/mol. The second kappa shape index (κ2) is 5.73. The first-order valence-electron chi connectivity index (χ1n) is 6.36. The molecule has 0 aliphatic heterocycles. The molecule has 0 spiro atoms. The predicted octanol–water partition coefficient (Wildman–Crippen LogP) is 4.52. The van der Waals surface area contributed by atoms with Gasteiger partial charge in [-0.05, 0) is 12.1 Å². The van der Waals surface area contributed by atoms with E-state index in [9.17, 15) is 14.3 Å². The highest BCUT2D eigenvalue weighted by Crippen LogP contribution is 2.32. The van der Waals surface area contributed by atoms with Gasteiger partial charge in [-0.2, -0.15) is 0 Å². The number of aromatic nitrogens is 1. The van der Waals surface area contributed by atoms with Crippen LogP contribution in [0, 0.1) is 5.82 Å². The van der Waals surface area contributed by atoms with Crippen molar-refractivity contribution in [1.29, 1.82) is 0 Å². The molecule has 2 rings (SSSR count). The van der Waals surface area contributed by atoms with Gasteiger partial charge in [0.15, 0.2) is 0 Å². The molecule has 1 aromatic carbocycles. The summed E-state index contributed by atoms with van der Waals surface area (Å²) in [5, 5.41) is 10.3. The molecule has 3 nitrogen and oxygen atoms in total. The molecule has 21 heavy (non-hydrogen) atoms. The van der Waals surface area contributed by atoms with E-state index in [1.807, 2.05) is 20.8 Å². The molecule has 0 radical (unpaired) electrons. The Hall–Kier alpha value is -1.46. The number of nitrogens with zero attached hydrogens (tertiary/aromatic N) is 1. The number of halogens is 2. The first-order valence-corrected chi connectivity index (χ1v) is 7.56. The molecule has 0 amide bonds. The molecule has 0 saturated carbocycles. The Morgan fingerprint density at radius 2 is 2.10 bits per heavy atom. The molecule has 6 heteroatoms. The van der Waals surface area contributed by atoms with E-state index in [0.29, 0.717) is 10.7 Å². The number of carboxylic acids is 1. The highest BCUT2D eigenvalue weighted by atomic mass is 35.5. The van der Waals surface area contributed by atoms with Gasteiger partial charge in [-0.1, -0.05) is 38.4 Å². The number of rotatable bonds is 3. The summed E-state index contributed by atoms with van der Waals surface area (Å²) in [4.78, 5) is 15.9. The Morgan fingerprint density at radius 3 is 2.62 bits per heavy atom. The van der Waals surface area contributed by atoms with Gasteiger partial charge in [-0.15, -0.1) is 11.3 Å². The van der Waals surface area contributed by atoms with Gasteiger partial charge in [0.25, 0.3) is 0 Å². The van der Waals surface area contributed by atoms with E-state index in [1.54, 1.807) is 6.07 Å². The molecular weight excluding hydrogens is 313 g/mol. The molecule has 1 N–H and O–H groups in total. The fourth-order valence-electron chi connectivity index (χ4n) is 1.83. The van der Waals surface area contributed by atoms with Gasteiger partial charge < -0.3 is 5.11 Å². The molecule has 0 fully saturated rings. The Labute approximate surface area is 131 Å². The smallest absolute Gasteiger partial charge is 0.347 e. The highest BCUT2D eigenvalue weighted by molar-refractivity contribution is 7.13. The Balaban J connectivity index is 2.49. The number of carboxylic acid groups (broad SMARTS) is 1. The highest BCUT2D eigenvalue weighted by Gasteiger charge is 2.25. The molecule has 112 valence electrons. The molecule has 0 saturated heterocycles. The van der Waals surface area contributed by atoms with Crippen LogP contribution in [0.1, 0.15) is 46.7 Å². The number of aromatic carboxylic acids is 1. The molecule has 0 unspecified atom stereocenters. The summed E-state index contributed by atoms with van der Waals surface area (Å²) in [6, 6.07) is 4.40. The average Bonchev–Trinajstić information content (AvgIpc) is 2.78. The molecule has 1 heterocycles. The van der Waals surface area contributed by atoms with E-state index in [-0.39, 0.29) is 27.3 Å². The van der Waals surface area contributed by atoms with Crippen LogP contribution < -0.4 is 0 Å². The first kappa shape index (κ1) is 15.9. The lowest BCUT2D eigenvalue weighted by Gasteiger charge is -2.13. The summed E-state index contributed by atoms with van der Waals surface area (Å²) in [6.45, 7) is 5.87. The maximum absolute atomic E-state index is 13.9. The van der Waals surface area contributed by atoms with Crippen molar-refractivity contribution in [3.05, 3.63) is 50.2 Å². The van der Waals surface area contributed by atoms with Crippen LogP contribution in [0.4, 0.5) is 4.39 Å². The predicted molar refractivity (Wildman–Crippen MR) is 82.0 cm³/mol. The molecule has 0 bridgehead atoms. The van der Waals surface area contributed by atoms with Gasteiger partial charge in [0.1, 0.15) is 10.7 Å². The van der Waals surface area contributed by atoms with Crippen LogP contribution in [0.3, 0.4) is 0 Å². The van der Waals surface area contributed by atoms with Crippen molar-refractivity contribution < 1.29 is 14.3 Å². The minimum absolute atomic E-state index is 0.0692. The molecule has 1 aromatic heterocycles. The van der Waals surface area contributed by atoms with Crippen LogP contribution in [0.15, 0.2) is 18.2 Å². The lowest BCUT2D eigenvalue weighted by Crippen LogP contribution is -2.10.